The maximum absolute atomic E-state index is 11.3. The van der Waals surface area contributed by atoms with Crippen LogP contribution in [-0.2, 0) is 16.1 Å². The zero-order valence-electron chi connectivity index (χ0n) is 10.8. The van der Waals surface area contributed by atoms with Crippen molar-refractivity contribution in [2.75, 3.05) is 26.7 Å². The van der Waals surface area contributed by atoms with Crippen LogP contribution < -0.4 is 5.32 Å². The summed E-state index contributed by atoms with van der Waals surface area (Å²) in [5.74, 6) is -0.144. The molecule has 1 aliphatic heterocycles. The van der Waals surface area contributed by atoms with E-state index in [9.17, 15) is 4.79 Å². The summed E-state index contributed by atoms with van der Waals surface area (Å²) >= 11 is 0. The van der Waals surface area contributed by atoms with E-state index in [0.717, 1.165) is 26.2 Å². The molecular formula is C14H20N2O2. The van der Waals surface area contributed by atoms with Gasteiger partial charge in [-0.25, -0.2) is 0 Å². The van der Waals surface area contributed by atoms with Crippen LogP contribution in [0.15, 0.2) is 30.3 Å². The summed E-state index contributed by atoms with van der Waals surface area (Å²) in [5.41, 5.74) is 1.32. The van der Waals surface area contributed by atoms with Crippen LogP contribution in [0.2, 0.25) is 0 Å². The molecule has 1 aromatic carbocycles. The Morgan fingerprint density at radius 3 is 2.94 bits per heavy atom. The molecule has 2 rings (SSSR count). The van der Waals surface area contributed by atoms with Crippen LogP contribution in [0.4, 0.5) is 0 Å². The lowest BCUT2D eigenvalue weighted by Gasteiger charge is -2.33. The number of esters is 1. The minimum Gasteiger partial charge on any atom is -0.469 e. The summed E-state index contributed by atoms with van der Waals surface area (Å²) in [6.45, 7) is 3.78. The molecule has 1 unspecified atom stereocenters. The van der Waals surface area contributed by atoms with Crippen LogP contribution in [0.3, 0.4) is 0 Å². The van der Waals surface area contributed by atoms with E-state index in [1.165, 1.54) is 12.7 Å². The van der Waals surface area contributed by atoms with Crippen molar-refractivity contribution in [3.8, 4) is 0 Å². The van der Waals surface area contributed by atoms with Gasteiger partial charge in [0.05, 0.1) is 13.5 Å². The van der Waals surface area contributed by atoms with E-state index in [-0.39, 0.29) is 12.0 Å². The molecule has 0 amide bonds. The zero-order valence-corrected chi connectivity index (χ0v) is 10.8. The molecule has 1 atom stereocenters. The van der Waals surface area contributed by atoms with Crippen molar-refractivity contribution in [2.45, 2.75) is 19.0 Å². The molecule has 0 spiro atoms. The molecule has 0 bridgehead atoms. The number of nitrogens with one attached hydrogen (secondary N) is 1. The summed E-state index contributed by atoms with van der Waals surface area (Å²) in [4.78, 5) is 13.6. The van der Waals surface area contributed by atoms with Gasteiger partial charge in [0.15, 0.2) is 0 Å². The number of hydrogen-bond donors (Lipinski definition) is 1. The average molecular weight is 248 g/mol. The molecule has 4 nitrogen and oxygen atoms in total. The van der Waals surface area contributed by atoms with Gasteiger partial charge in [-0.1, -0.05) is 30.3 Å². The van der Waals surface area contributed by atoms with Crippen molar-refractivity contribution in [2.24, 2.45) is 0 Å². The molecule has 1 aliphatic rings. The van der Waals surface area contributed by atoms with E-state index in [1.54, 1.807) is 0 Å². The van der Waals surface area contributed by atoms with Crippen LogP contribution in [0.1, 0.15) is 12.0 Å². The Morgan fingerprint density at radius 2 is 2.22 bits per heavy atom. The first kappa shape index (κ1) is 13.1. The van der Waals surface area contributed by atoms with Gasteiger partial charge in [0, 0.05) is 32.2 Å². The maximum atomic E-state index is 11.3. The average Bonchev–Trinajstić information content (AvgIpc) is 2.40. The van der Waals surface area contributed by atoms with Gasteiger partial charge in [0.1, 0.15) is 0 Å². The van der Waals surface area contributed by atoms with Crippen LogP contribution in [0, 0.1) is 0 Å². The topological polar surface area (TPSA) is 41.6 Å². The minimum atomic E-state index is -0.144. The number of methoxy groups -OCH3 is 1. The molecule has 0 aromatic heterocycles. The normalized spacial score (nSPS) is 20.6. The smallest absolute Gasteiger partial charge is 0.307 e. The van der Waals surface area contributed by atoms with Gasteiger partial charge in [-0.15, -0.1) is 0 Å². The second-order valence-electron chi connectivity index (χ2n) is 4.65. The third kappa shape index (κ3) is 3.82. The van der Waals surface area contributed by atoms with Crippen LogP contribution in [0.25, 0.3) is 0 Å². The van der Waals surface area contributed by atoms with Crippen LogP contribution >= 0.6 is 0 Å². The molecule has 1 fully saturated rings. The van der Waals surface area contributed by atoms with Gasteiger partial charge >= 0.3 is 5.97 Å². The van der Waals surface area contributed by atoms with E-state index >= 15 is 0 Å². The maximum Gasteiger partial charge on any atom is 0.307 e. The van der Waals surface area contributed by atoms with Gasteiger partial charge in [-0.05, 0) is 5.56 Å². The number of nitrogens with zero attached hydrogens (tertiary/aromatic N) is 1. The second kappa shape index (κ2) is 6.52. The van der Waals surface area contributed by atoms with Crippen molar-refractivity contribution in [1.29, 1.82) is 0 Å². The quantitative estimate of drug-likeness (QED) is 0.808. The number of carbonyl (C=O) groups excluding carboxylic acids is 1. The molecule has 1 heterocycles. The Kier molecular flexibility index (Phi) is 4.73. The highest BCUT2D eigenvalue weighted by Crippen LogP contribution is 2.09. The molecule has 98 valence electrons. The lowest BCUT2D eigenvalue weighted by Crippen LogP contribution is -2.51. The Labute approximate surface area is 108 Å². The van der Waals surface area contributed by atoms with Gasteiger partial charge in [0.2, 0.25) is 0 Å². The number of benzene rings is 1. The number of hydrogen-bond acceptors (Lipinski definition) is 4. The van der Waals surface area contributed by atoms with E-state index in [1.807, 2.05) is 6.07 Å². The van der Waals surface area contributed by atoms with Gasteiger partial charge < -0.3 is 10.1 Å². The summed E-state index contributed by atoms with van der Waals surface area (Å²) in [5, 5.41) is 3.36. The molecule has 0 radical (unpaired) electrons. The number of carbonyl (C=O) groups is 1. The first-order chi connectivity index (χ1) is 8.78. The standard InChI is InChI=1S/C14H20N2O2/c1-18-14(17)9-13-11-16(8-7-15-13)10-12-5-3-2-4-6-12/h2-6,13,15H,7-11H2,1H3. The summed E-state index contributed by atoms with van der Waals surface area (Å²) in [7, 11) is 1.44. The number of piperazine rings is 1. The summed E-state index contributed by atoms with van der Waals surface area (Å²) in [6.07, 6.45) is 0.446. The summed E-state index contributed by atoms with van der Waals surface area (Å²) in [6, 6.07) is 10.6. The van der Waals surface area contributed by atoms with E-state index in [4.69, 9.17) is 4.74 Å². The Bertz CT molecular complexity index is 381. The SMILES string of the molecule is COC(=O)CC1CN(Cc2ccccc2)CCN1. The first-order valence-electron chi connectivity index (χ1n) is 6.34. The molecular weight excluding hydrogens is 228 g/mol. The third-order valence-electron chi connectivity index (χ3n) is 3.23. The predicted octanol–water partition coefficient (Wildman–Crippen LogP) is 1.02. The predicted molar refractivity (Wildman–Crippen MR) is 70.1 cm³/mol. The van der Waals surface area contributed by atoms with Crippen molar-refractivity contribution in [3.63, 3.8) is 0 Å². The van der Waals surface area contributed by atoms with Gasteiger partial charge in [-0.2, -0.15) is 0 Å². The Hall–Kier alpha value is -1.39. The van der Waals surface area contributed by atoms with E-state index < -0.39 is 0 Å². The largest absolute Gasteiger partial charge is 0.469 e. The monoisotopic (exact) mass is 248 g/mol. The van der Waals surface area contributed by atoms with Crippen molar-refractivity contribution in [3.05, 3.63) is 35.9 Å². The molecule has 1 aromatic rings. The molecule has 1 saturated heterocycles. The zero-order chi connectivity index (χ0) is 12.8. The fourth-order valence-electron chi connectivity index (χ4n) is 2.30. The fourth-order valence-corrected chi connectivity index (χ4v) is 2.30. The number of ether oxygens (including phenoxy) is 1. The fraction of sp³-hybridized carbons (Fsp3) is 0.500. The van der Waals surface area contributed by atoms with Crippen molar-refractivity contribution in [1.82, 2.24) is 10.2 Å². The molecule has 1 N–H and O–H groups in total. The molecule has 0 aliphatic carbocycles. The third-order valence-corrected chi connectivity index (χ3v) is 3.23. The van der Waals surface area contributed by atoms with Gasteiger partial charge in [0.25, 0.3) is 0 Å². The van der Waals surface area contributed by atoms with Crippen LogP contribution in [-0.4, -0.2) is 43.7 Å². The molecule has 18 heavy (non-hydrogen) atoms. The first-order valence-corrected chi connectivity index (χ1v) is 6.34. The summed E-state index contributed by atoms with van der Waals surface area (Å²) < 4.78 is 4.71. The highest BCUT2D eigenvalue weighted by molar-refractivity contribution is 5.69. The second-order valence-corrected chi connectivity index (χ2v) is 4.65. The number of rotatable bonds is 4. The van der Waals surface area contributed by atoms with E-state index in [2.05, 4.69) is 34.5 Å². The Morgan fingerprint density at radius 1 is 1.44 bits per heavy atom. The van der Waals surface area contributed by atoms with Crippen LogP contribution in [0.5, 0.6) is 0 Å². The lowest BCUT2D eigenvalue weighted by atomic mass is 10.1. The highest BCUT2D eigenvalue weighted by atomic mass is 16.5. The Balaban J connectivity index is 1.85. The van der Waals surface area contributed by atoms with Crippen molar-refractivity contribution < 1.29 is 9.53 Å². The van der Waals surface area contributed by atoms with E-state index in [0.29, 0.717) is 6.42 Å². The van der Waals surface area contributed by atoms with Gasteiger partial charge in [-0.3, -0.25) is 9.69 Å². The molecule has 4 heteroatoms. The molecule has 0 saturated carbocycles. The van der Waals surface area contributed by atoms with Crippen molar-refractivity contribution >= 4 is 5.97 Å². The highest BCUT2D eigenvalue weighted by Gasteiger charge is 2.21. The lowest BCUT2D eigenvalue weighted by molar-refractivity contribution is -0.141. The minimum absolute atomic E-state index is 0.144.